The van der Waals surface area contributed by atoms with E-state index in [1.165, 1.54) is 16.1 Å². The van der Waals surface area contributed by atoms with Gasteiger partial charge in [-0.25, -0.2) is 9.97 Å². The number of rotatable bonds is 4. The Labute approximate surface area is 139 Å². The average Bonchev–Trinajstić information content (AvgIpc) is 3.06. The summed E-state index contributed by atoms with van der Waals surface area (Å²) < 4.78 is 0. The Kier molecular flexibility index (Phi) is 4.27. The fourth-order valence-electron chi connectivity index (χ4n) is 2.35. The molecule has 22 heavy (non-hydrogen) atoms. The molecule has 0 atom stereocenters. The summed E-state index contributed by atoms with van der Waals surface area (Å²) in [5.74, 6) is 0. The van der Waals surface area contributed by atoms with Crippen LogP contribution in [-0.4, -0.2) is 24.1 Å². The molecule has 114 valence electrons. The summed E-state index contributed by atoms with van der Waals surface area (Å²) in [7, 11) is 4.11. The van der Waals surface area contributed by atoms with Crippen LogP contribution in [0.2, 0.25) is 0 Å². The van der Waals surface area contributed by atoms with Crippen LogP contribution in [0.5, 0.6) is 0 Å². The number of benzene rings is 1. The van der Waals surface area contributed by atoms with Gasteiger partial charge >= 0.3 is 0 Å². The second-order valence-corrected chi connectivity index (χ2v) is 7.66. The van der Waals surface area contributed by atoms with Gasteiger partial charge in [-0.3, -0.25) is 0 Å². The van der Waals surface area contributed by atoms with Crippen molar-refractivity contribution in [3.05, 3.63) is 50.9 Å². The maximum Gasteiger partial charge on any atom is 0.0976 e. The quantitative estimate of drug-likeness (QED) is 0.703. The molecule has 3 aromatic rings. The monoisotopic (exact) mass is 329 g/mol. The SMILES string of the molecule is Cc1nc(C)c(-c2csc(Cc3ccc(N(C)C)cc3)n2)s1. The van der Waals surface area contributed by atoms with Crippen LogP contribution in [0.3, 0.4) is 0 Å². The molecule has 1 aromatic carbocycles. The molecule has 2 aromatic heterocycles. The van der Waals surface area contributed by atoms with Crippen LogP contribution in [-0.2, 0) is 6.42 Å². The van der Waals surface area contributed by atoms with Crippen molar-refractivity contribution < 1.29 is 0 Å². The molecule has 0 aliphatic carbocycles. The Bertz CT molecular complexity index is 770. The number of hydrogen-bond acceptors (Lipinski definition) is 5. The highest BCUT2D eigenvalue weighted by Gasteiger charge is 2.11. The molecule has 0 saturated heterocycles. The van der Waals surface area contributed by atoms with Gasteiger partial charge in [0.05, 0.1) is 26.3 Å². The molecule has 0 fully saturated rings. The molecule has 0 bridgehead atoms. The maximum atomic E-state index is 4.79. The number of aromatic nitrogens is 2. The molecule has 2 heterocycles. The van der Waals surface area contributed by atoms with Gasteiger partial charge in [-0.05, 0) is 31.5 Å². The third kappa shape index (κ3) is 3.20. The van der Waals surface area contributed by atoms with Crippen LogP contribution in [0.25, 0.3) is 10.6 Å². The van der Waals surface area contributed by atoms with Crippen molar-refractivity contribution in [1.82, 2.24) is 9.97 Å². The smallest absolute Gasteiger partial charge is 0.0976 e. The highest BCUT2D eigenvalue weighted by molar-refractivity contribution is 7.15. The third-order valence-corrected chi connectivity index (χ3v) is 5.44. The van der Waals surface area contributed by atoms with Crippen molar-refractivity contribution in [3.63, 3.8) is 0 Å². The Morgan fingerprint density at radius 1 is 1.05 bits per heavy atom. The van der Waals surface area contributed by atoms with Crippen LogP contribution in [0.15, 0.2) is 29.6 Å². The molecule has 0 amide bonds. The summed E-state index contributed by atoms with van der Waals surface area (Å²) in [6, 6.07) is 8.66. The Morgan fingerprint density at radius 2 is 1.77 bits per heavy atom. The van der Waals surface area contributed by atoms with Gasteiger partial charge in [-0.2, -0.15) is 0 Å². The van der Waals surface area contributed by atoms with Crippen molar-refractivity contribution in [2.24, 2.45) is 0 Å². The summed E-state index contributed by atoms with van der Waals surface area (Å²) in [5.41, 5.74) is 4.66. The second kappa shape index (κ2) is 6.18. The predicted octanol–water partition coefficient (Wildman–Crippen LogP) is 4.54. The molecule has 3 nitrogen and oxygen atoms in total. The van der Waals surface area contributed by atoms with Crippen LogP contribution in [0.1, 0.15) is 21.3 Å². The molecular formula is C17H19N3S2. The van der Waals surface area contributed by atoms with Gasteiger partial charge < -0.3 is 4.90 Å². The van der Waals surface area contributed by atoms with Crippen molar-refractivity contribution in [1.29, 1.82) is 0 Å². The van der Waals surface area contributed by atoms with Crippen molar-refractivity contribution in [3.8, 4) is 10.6 Å². The summed E-state index contributed by atoms with van der Waals surface area (Å²) in [4.78, 5) is 12.6. The predicted molar refractivity (Wildman–Crippen MR) is 96.3 cm³/mol. The lowest BCUT2D eigenvalue weighted by Gasteiger charge is -2.12. The zero-order chi connectivity index (χ0) is 15.7. The van der Waals surface area contributed by atoms with E-state index in [1.807, 2.05) is 6.92 Å². The lowest BCUT2D eigenvalue weighted by Crippen LogP contribution is -2.08. The van der Waals surface area contributed by atoms with Crippen LogP contribution in [0, 0.1) is 13.8 Å². The first-order valence-electron chi connectivity index (χ1n) is 7.18. The highest BCUT2D eigenvalue weighted by atomic mass is 32.1. The van der Waals surface area contributed by atoms with E-state index >= 15 is 0 Å². The van der Waals surface area contributed by atoms with Gasteiger partial charge in [0, 0.05) is 31.6 Å². The van der Waals surface area contributed by atoms with E-state index < -0.39 is 0 Å². The molecule has 0 aliphatic heterocycles. The molecule has 3 rings (SSSR count). The van der Waals surface area contributed by atoms with Crippen LogP contribution < -0.4 is 4.90 Å². The summed E-state index contributed by atoms with van der Waals surface area (Å²) in [5, 5.41) is 4.39. The number of hydrogen-bond donors (Lipinski definition) is 0. The Morgan fingerprint density at radius 3 is 2.36 bits per heavy atom. The first-order chi connectivity index (χ1) is 10.5. The zero-order valence-corrected chi connectivity index (χ0v) is 14.9. The molecule has 0 saturated carbocycles. The maximum absolute atomic E-state index is 4.79. The molecule has 0 N–H and O–H groups in total. The fourth-order valence-corrected chi connectivity index (χ4v) is 4.13. The van der Waals surface area contributed by atoms with Gasteiger partial charge in [0.15, 0.2) is 0 Å². The van der Waals surface area contributed by atoms with Gasteiger partial charge in [-0.1, -0.05) is 12.1 Å². The van der Waals surface area contributed by atoms with Crippen LogP contribution >= 0.6 is 22.7 Å². The molecular weight excluding hydrogens is 310 g/mol. The minimum absolute atomic E-state index is 0.884. The van der Waals surface area contributed by atoms with E-state index in [0.29, 0.717) is 0 Å². The molecule has 5 heteroatoms. The fraction of sp³-hybridized carbons (Fsp3) is 0.294. The zero-order valence-electron chi connectivity index (χ0n) is 13.3. The normalized spacial score (nSPS) is 10.9. The van der Waals surface area contributed by atoms with Crippen molar-refractivity contribution in [2.45, 2.75) is 20.3 Å². The third-order valence-electron chi connectivity index (χ3n) is 3.50. The van der Waals surface area contributed by atoms with Gasteiger partial charge in [0.2, 0.25) is 0 Å². The number of nitrogens with zero attached hydrogens (tertiary/aromatic N) is 3. The summed E-state index contributed by atoms with van der Waals surface area (Å²) in [6.07, 6.45) is 0.884. The Balaban J connectivity index is 1.78. The highest BCUT2D eigenvalue weighted by Crippen LogP contribution is 2.31. The summed E-state index contributed by atoms with van der Waals surface area (Å²) in [6.45, 7) is 4.10. The van der Waals surface area contributed by atoms with E-state index in [2.05, 4.69) is 60.5 Å². The first-order valence-corrected chi connectivity index (χ1v) is 8.87. The van der Waals surface area contributed by atoms with Gasteiger partial charge in [-0.15, -0.1) is 22.7 Å². The number of aryl methyl sites for hydroxylation is 2. The topological polar surface area (TPSA) is 29.0 Å². The Hall–Kier alpha value is -1.72. The standard InChI is InChI=1S/C17H19N3S2/c1-11-17(22-12(2)18-11)15-10-21-16(19-15)9-13-5-7-14(8-6-13)20(3)4/h5-8,10H,9H2,1-4H3. The molecule has 0 radical (unpaired) electrons. The van der Waals surface area contributed by atoms with E-state index in [-0.39, 0.29) is 0 Å². The van der Waals surface area contributed by atoms with E-state index in [4.69, 9.17) is 4.98 Å². The van der Waals surface area contributed by atoms with Gasteiger partial charge in [0.1, 0.15) is 0 Å². The minimum atomic E-state index is 0.884. The molecule has 0 unspecified atom stereocenters. The van der Waals surface area contributed by atoms with Crippen LogP contribution in [0.4, 0.5) is 5.69 Å². The minimum Gasteiger partial charge on any atom is -0.378 e. The second-order valence-electron chi connectivity index (χ2n) is 5.51. The van der Waals surface area contributed by atoms with E-state index in [0.717, 1.165) is 27.8 Å². The van der Waals surface area contributed by atoms with E-state index in [1.54, 1.807) is 22.7 Å². The first kappa shape index (κ1) is 15.2. The lowest BCUT2D eigenvalue weighted by atomic mass is 10.1. The lowest BCUT2D eigenvalue weighted by molar-refractivity contribution is 1.11. The number of thiazole rings is 2. The van der Waals surface area contributed by atoms with Crippen molar-refractivity contribution >= 4 is 28.4 Å². The summed E-state index contributed by atoms with van der Waals surface area (Å²) >= 11 is 3.44. The van der Waals surface area contributed by atoms with E-state index in [9.17, 15) is 0 Å². The average molecular weight is 329 g/mol. The van der Waals surface area contributed by atoms with Gasteiger partial charge in [0.25, 0.3) is 0 Å². The van der Waals surface area contributed by atoms with Crippen molar-refractivity contribution in [2.75, 3.05) is 19.0 Å². The largest absolute Gasteiger partial charge is 0.378 e. The number of anilines is 1. The molecule has 0 aliphatic rings. The molecule has 0 spiro atoms.